The van der Waals surface area contributed by atoms with Crippen molar-refractivity contribution >= 4 is 63.5 Å². The quantitative estimate of drug-likeness (QED) is 0.0667. The number of amides is 2. The molecular formula is C20H21N5O8S2. The van der Waals surface area contributed by atoms with E-state index in [0.29, 0.717) is 0 Å². The summed E-state index contributed by atoms with van der Waals surface area (Å²) in [7, 11) is 0. The van der Waals surface area contributed by atoms with Crippen molar-refractivity contribution in [2.75, 3.05) is 24.7 Å². The molecule has 3 rings (SSSR count). The van der Waals surface area contributed by atoms with Crippen molar-refractivity contribution in [1.29, 1.82) is 0 Å². The number of hydrogen-bond acceptors (Lipinski definition) is 12. The number of rotatable bonds is 11. The lowest BCUT2D eigenvalue weighted by atomic mass is 10.0. The molecule has 2 amide bonds. The molecule has 2 aliphatic heterocycles. The number of ketones is 1. The summed E-state index contributed by atoms with van der Waals surface area (Å²) in [6.07, 6.45) is 0.989. The second-order valence-corrected chi connectivity index (χ2v) is 9.25. The van der Waals surface area contributed by atoms with E-state index in [1.807, 2.05) is 0 Å². The number of esters is 1. The molecule has 1 saturated heterocycles. The fourth-order valence-corrected chi connectivity index (χ4v) is 5.06. The fourth-order valence-electron chi connectivity index (χ4n) is 3.18. The molecule has 3 heterocycles. The van der Waals surface area contributed by atoms with Gasteiger partial charge in [-0.2, -0.15) is 0 Å². The number of aliphatic carboxylic acids is 1. The Morgan fingerprint density at radius 1 is 1.43 bits per heavy atom. The number of carboxylic acids is 1. The molecule has 0 bridgehead atoms. The van der Waals surface area contributed by atoms with Gasteiger partial charge in [-0.3, -0.25) is 24.1 Å². The molecule has 0 saturated carbocycles. The van der Waals surface area contributed by atoms with Gasteiger partial charge in [-0.05, 0) is 6.92 Å². The number of ether oxygens (including phenoxy) is 1. The number of aromatic nitrogens is 1. The predicted octanol–water partition coefficient (Wildman–Crippen LogP) is -0.107. The van der Waals surface area contributed by atoms with Crippen LogP contribution >= 0.6 is 23.1 Å². The van der Waals surface area contributed by atoms with E-state index in [9.17, 15) is 29.1 Å². The Hall–Kier alpha value is -3.72. The minimum atomic E-state index is -1.39. The SMILES string of the molecule is C=CCO/N=C(\C(=O)N[C@@H]1C(=O)N2C(C(=O)O)=C(COC(=O)CC(C)=O)CS[C@@H]12)c1csc(N)n1. The van der Waals surface area contributed by atoms with Gasteiger partial charge in [0, 0.05) is 16.7 Å². The average Bonchev–Trinajstić information content (AvgIpc) is 3.23. The number of nitrogen functional groups attached to an aromatic ring is 1. The summed E-state index contributed by atoms with van der Waals surface area (Å²) in [4.78, 5) is 70.4. The van der Waals surface area contributed by atoms with Gasteiger partial charge < -0.3 is 25.7 Å². The number of hydrogen-bond donors (Lipinski definition) is 3. The number of nitrogens with zero attached hydrogens (tertiary/aromatic N) is 3. The number of β-lactam (4-membered cyclic amide) rings is 1. The van der Waals surface area contributed by atoms with Crippen molar-refractivity contribution in [3.05, 3.63) is 35.0 Å². The molecule has 1 aromatic heterocycles. The number of Topliss-reactive ketones (excluding diaryl/α,β-unsaturated/α-hetero) is 1. The maximum atomic E-state index is 12.9. The van der Waals surface area contributed by atoms with Gasteiger partial charge in [-0.1, -0.05) is 17.8 Å². The first-order valence-corrected chi connectivity index (χ1v) is 11.9. The summed E-state index contributed by atoms with van der Waals surface area (Å²) >= 11 is 2.27. The summed E-state index contributed by atoms with van der Waals surface area (Å²) in [6, 6.07) is -1.04. The van der Waals surface area contributed by atoms with Crippen LogP contribution in [0.4, 0.5) is 5.13 Å². The molecule has 0 aliphatic carbocycles. The van der Waals surface area contributed by atoms with Crippen LogP contribution in [0.3, 0.4) is 0 Å². The van der Waals surface area contributed by atoms with E-state index in [-0.39, 0.29) is 46.8 Å². The third kappa shape index (κ3) is 5.86. The molecular weight excluding hydrogens is 502 g/mol. The van der Waals surface area contributed by atoms with E-state index in [1.165, 1.54) is 30.1 Å². The lowest BCUT2D eigenvalue weighted by molar-refractivity contribution is -0.150. The zero-order chi connectivity index (χ0) is 25.7. The number of nitrogens with one attached hydrogen (secondary N) is 1. The van der Waals surface area contributed by atoms with Gasteiger partial charge in [0.25, 0.3) is 11.8 Å². The van der Waals surface area contributed by atoms with Crippen molar-refractivity contribution < 1.29 is 38.7 Å². The summed E-state index contributed by atoms with van der Waals surface area (Å²) in [5.41, 5.74) is 5.45. The Morgan fingerprint density at radius 2 is 2.17 bits per heavy atom. The van der Waals surface area contributed by atoms with E-state index >= 15 is 0 Å². The largest absolute Gasteiger partial charge is 0.477 e. The van der Waals surface area contributed by atoms with E-state index in [0.717, 1.165) is 16.2 Å². The number of carbonyl (C=O) groups excluding carboxylic acids is 4. The lowest BCUT2D eigenvalue weighted by Gasteiger charge is -2.49. The first-order chi connectivity index (χ1) is 16.6. The lowest BCUT2D eigenvalue weighted by Crippen LogP contribution is -2.71. The molecule has 2 aliphatic rings. The van der Waals surface area contributed by atoms with Crippen molar-refractivity contribution in [2.45, 2.75) is 24.8 Å². The molecule has 13 nitrogen and oxygen atoms in total. The highest BCUT2D eigenvalue weighted by molar-refractivity contribution is 8.00. The number of carboxylic acid groups (broad SMARTS) is 1. The van der Waals surface area contributed by atoms with E-state index in [4.69, 9.17) is 15.3 Å². The maximum Gasteiger partial charge on any atom is 0.352 e. The Labute approximate surface area is 207 Å². The summed E-state index contributed by atoms with van der Waals surface area (Å²) in [5, 5.41) is 17.0. The van der Waals surface area contributed by atoms with Crippen LogP contribution in [-0.2, 0) is 33.5 Å². The minimum absolute atomic E-state index is 0.0253. The molecule has 0 aromatic carbocycles. The van der Waals surface area contributed by atoms with Crippen LogP contribution in [-0.4, -0.2) is 80.6 Å². The van der Waals surface area contributed by atoms with Gasteiger partial charge in [0.15, 0.2) is 10.8 Å². The second-order valence-electron chi connectivity index (χ2n) is 7.25. The Balaban J connectivity index is 1.74. The van der Waals surface area contributed by atoms with Crippen LogP contribution < -0.4 is 11.1 Å². The van der Waals surface area contributed by atoms with Crippen LogP contribution in [0.2, 0.25) is 0 Å². The number of fused-ring (bicyclic) bond motifs is 1. The number of oxime groups is 1. The smallest absolute Gasteiger partial charge is 0.352 e. The van der Waals surface area contributed by atoms with Crippen LogP contribution in [0.1, 0.15) is 19.0 Å². The van der Waals surface area contributed by atoms with Gasteiger partial charge in [0.05, 0.1) is 0 Å². The zero-order valence-electron chi connectivity index (χ0n) is 18.4. The Kier molecular flexibility index (Phi) is 8.24. The van der Waals surface area contributed by atoms with Gasteiger partial charge >= 0.3 is 11.9 Å². The van der Waals surface area contributed by atoms with Crippen molar-refractivity contribution in [2.24, 2.45) is 5.16 Å². The third-order valence-corrected chi connectivity index (χ3v) is 6.68. The normalized spacial score (nSPS) is 19.4. The van der Waals surface area contributed by atoms with Crippen LogP contribution in [0.15, 0.2) is 34.5 Å². The third-order valence-electron chi connectivity index (χ3n) is 4.66. The molecule has 0 spiro atoms. The fraction of sp³-hybridized carbons (Fsp3) is 0.350. The minimum Gasteiger partial charge on any atom is -0.477 e. The Morgan fingerprint density at radius 3 is 2.77 bits per heavy atom. The molecule has 1 aromatic rings. The highest BCUT2D eigenvalue weighted by Crippen LogP contribution is 2.40. The van der Waals surface area contributed by atoms with Gasteiger partial charge in [-0.15, -0.1) is 23.1 Å². The van der Waals surface area contributed by atoms with Crippen molar-refractivity contribution in [3.8, 4) is 0 Å². The van der Waals surface area contributed by atoms with Gasteiger partial charge in [-0.25, -0.2) is 9.78 Å². The zero-order valence-corrected chi connectivity index (χ0v) is 20.0. The van der Waals surface area contributed by atoms with Crippen LogP contribution in [0, 0.1) is 0 Å². The molecule has 35 heavy (non-hydrogen) atoms. The maximum absolute atomic E-state index is 12.9. The number of carbonyl (C=O) groups is 5. The van der Waals surface area contributed by atoms with Gasteiger partial charge in [0.1, 0.15) is 48.2 Å². The topological polar surface area (TPSA) is 191 Å². The standard InChI is InChI=1S/C20H21N5O8S2/c1-3-4-33-24-13(11-8-35-20(21)22-11)16(28)23-14-17(29)25-15(19(30)31)10(7-34-18(14)25)6-32-12(27)5-9(2)26/h3,8,14,18H,1,4-7H2,2H3,(H2,21,22)(H,23,28)(H,30,31)/b24-13-/t14-,18+/m1/s1. The Bertz CT molecular complexity index is 1140. The van der Waals surface area contributed by atoms with E-state index in [1.54, 1.807) is 0 Å². The van der Waals surface area contributed by atoms with Crippen LogP contribution in [0.5, 0.6) is 0 Å². The van der Waals surface area contributed by atoms with Crippen molar-refractivity contribution in [1.82, 2.24) is 15.2 Å². The molecule has 2 atom stereocenters. The summed E-state index contributed by atoms with van der Waals surface area (Å²) < 4.78 is 4.98. The molecule has 0 unspecified atom stereocenters. The summed E-state index contributed by atoms with van der Waals surface area (Å²) in [5.74, 6) is -3.87. The average molecular weight is 524 g/mol. The summed E-state index contributed by atoms with van der Waals surface area (Å²) in [6.45, 7) is 4.36. The van der Waals surface area contributed by atoms with Gasteiger partial charge in [0.2, 0.25) is 0 Å². The monoisotopic (exact) mass is 523 g/mol. The molecule has 1 fully saturated rings. The number of nitrogens with two attached hydrogens (primary N) is 1. The molecule has 0 radical (unpaired) electrons. The predicted molar refractivity (Wildman–Crippen MR) is 125 cm³/mol. The van der Waals surface area contributed by atoms with Crippen LogP contribution in [0.25, 0.3) is 0 Å². The molecule has 186 valence electrons. The van der Waals surface area contributed by atoms with E-state index < -0.39 is 47.4 Å². The molecule has 4 N–H and O–H groups in total. The molecule has 15 heteroatoms. The highest BCUT2D eigenvalue weighted by atomic mass is 32.2. The number of thiazole rings is 1. The first-order valence-electron chi connectivity index (χ1n) is 10.0. The van der Waals surface area contributed by atoms with Crippen molar-refractivity contribution in [3.63, 3.8) is 0 Å². The van der Waals surface area contributed by atoms with E-state index in [2.05, 4.69) is 22.0 Å². The number of anilines is 1. The highest BCUT2D eigenvalue weighted by Gasteiger charge is 2.54. The number of thioether (sulfide) groups is 1. The second kappa shape index (κ2) is 11.1. The first kappa shape index (κ1) is 25.9.